The Morgan fingerprint density at radius 3 is 2.94 bits per heavy atom. The number of aromatic nitrogens is 1. The molecule has 2 aromatic rings. The Balaban J connectivity index is 2.04. The fourth-order valence-corrected chi connectivity index (χ4v) is 3.22. The van der Waals surface area contributed by atoms with Crippen LogP contribution < -0.4 is 4.90 Å². The number of halogens is 1. The van der Waals surface area contributed by atoms with Crippen LogP contribution in [-0.2, 0) is 11.2 Å². The maximum atomic E-state index is 11.6. The molecule has 0 atom stereocenters. The van der Waals surface area contributed by atoms with Gasteiger partial charge in [-0.15, -0.1) is 11.3 Å². The van der Waals surface area contributed by atoms with Crippen LogP contribution in [0.4, 0.5) is 5.69 Å². The van der Waals surface area contributed by atoms with E-state index in [1.54, 1.807) is 16.2 Å². The van der Waals surface area contributed by atoms with Gasteiger partial charge in [0, 0.05) is 30.1 Å². The molecule has 1 aliphatic heterocycles. The van der Waals surface area contributed by atoms with E-state index in [9.17, 15) is 4.79 Å². The molecule has 2 heterocycles. The van der Waals surface area contributed by atoms with Crippen LogP contribution in [0.2, 0.25) is 0 Å². The van der Waals surface area contributed by atoms with Gasteiger partial charge in [-0.2, -0.15) is 0 Å². The molecule has 0 aliphatic carbocycles. The maximum Gasteiger partial charge on any atom is 0.227 e. The number of rotatable bonds is 1. The summed E-state index contributed by atoms with van der Waals surface area (Å²) in [6.07, 6.45) is 1.41. The topological polar surface area (TPSA) is 33.2 Å². The Bertz CT molecular complexity index is 623. The smallest absolute Gasteiger partial charge is 0.227 e. The molecule has 0 bridgehead atoms. The zero-order chi connectivity index (χ0) is 12.7. The van der Waals surface area contributed by atoms with Gasteiger partial charge in [0.15, 0.2) is 3.92 Å². The number of fused-ring (bicyclic) bond motifs is 1. The quantitative estimate of drug-likeness (QED) is 0.805. The molecule has 18 heavy (non-hydrogen) atoms. The van der Waals surface area contributed by atoms with Gasteiger partial charge in [0.2, 0.25) is 5.91 Å². The van der Waals surface area contributed by atoms with E-state index in [1.807, 2.05) is 24.6 Å². The second-order valence-corrected chi connectivity index (χ2v) is 6.42. The van der Waals surface area contributed by atoms with Gasteiger partial charge in [0.1, 0.15) is 0 Å². The highest BCUT2D eigenvalue weighted by atomic mass is 79.9. The summed E-state index contributed by atoms with van der Waals surface area (Å²) < 4.78 is 0.891. The summed E-state index contributed by atoms with van der Waals surface area (Å²) in [5, 5.41) is 2.03. The molecule has 0 saturated heterocycles. The van der Waals surface area contributed by atoms with Crippen LogP contribution in [-0.4, -0.2) is 17.9 Å². The summed E-state index contributed by atoms with van der Waals surface area (Å²) in [5.41, 5.74) is 4.33. The van der Waals surface area contributed by atoms with E-state index < -0.39 is 0 Å². The van der Waals surface area contributed by atoms with Crippen LogP contribution >= 0.6 is 27.3 Å². The summed E-state index contributed by atoms with van der Waals surface area (Å²) in [6, 6.07) is 6.17. The summed E-state index contributed by atoms with van der Waals surface area (Å²) in [7, 11) is 1.83. The van der Waals surface area contributed by atoms with E-state index in [0.29, 0.717) is 6.42 Å². The van der Waals surface area contributed by atoms with Gasteiger partial charge in [-0.25, -0.2) is 4.98 Å². The van der Waals surface area contributed by atoms with Crippen molar-refractivity contribution in [3.63, 3.8) is 0 Å². The molecule has 0 spiro atoms. The lowest BCUT2D eigenvalue weighted by molar-refractivity contribution is -0.118. The number of amides is 1. The molecule has 3 rings (SSSR count). The van der Waals surface area contributed by atoms with Crippen molar-refractivity contribution in [2.45, 2.75) is 12.8 Å². The first-order chi connectivity index (χ1) is 8.65. The number of benzene rings is 1. The molecule has 0 unspecified atom stereocenters. The number of hydrogen-bond donors (Lipinski definition) is 0. The van der Waals surface area contributed by atoms with E-state index in [0.717, 1.165) is 27.3 Å². The molecule has 5 heteroatoms. The molecule has 1 aromatic carbocycles. The van der Waals surface area contributed by atoms with E-state index in [1.165, 1.54) is 5.56 Å². The fraction of sp³-hybridized carbons (Fsp3) is 0.231. The number of carbonyl (C=O) groups is 1. The second-order valence-electron chi connectivity index (χ2n) is 4.28. The minimum absolute atomic E-state index is 0.187. The molecule has 0 fully saturated rings. The van der Waals surface area contributed by atoms with Gasteiger partial charge >= 0.3 is 0 Å². The Morgan fingerprint density at radius 2 is 2.22 bits per heavy atom. The summed E-state index contributed by atoms with van der Waals surface area (Å²) in [5.74, 6) is 0.187. The van der Waals surface area contributed by atoms with Crippen LogP contribution in [0.5, 0.6) is 0 Å². The van der Waals surface area contributed by atoms with Crippen LogP contribution in [0.1, 0.15) is 12.0 Å². The van der Waals surface area contributed by atoms with Crippen molar-refractivity contribution >= 4 is 38.9 Å². The molecule has 3 nitrogen and oxygen atoms in total. The second kappa shape index (κ2) is 4.48. The highest BCUT2D eigenvalue weighted by Crippen LogP contribution is 2.32. The van der Waals surface area contributed by atoms with E-state index in [4.69, 9.17) is 0 Å². The Morgan fingerprint density at radius 1 is 1.39 bits per heavy atom. The van der Waals surface area contributed by atoms with Crippen molar-refractivity contribution in [2.24, 2.45) is 0 Å². The summed E-state index contributed by atoms with van der Waals surface area (Å²) in [4.78, 5) is 17.8. The van der Waals surface area contributed by atoms with Gasteiger partial charge in [0.25, 0.3) is 0 Å². The molecular weight excluding hydrogens is 312 g/mol. The van der Waals surface area contributed by atoms with Crippen LogP contribution in [0.3, 0.4) is 0 Å². The van der Waals surface area contributed by atoms with E-state index in [2.05, 4.69) is 27.0 Å². The largest absolute Gasteiger partial charge is 0.315 e. The number of nitrogens with zero attached hydrogens (tertiary/aromatic N) is 2. The molecule has 0 saturated carbocycles. The molecular formula is C13H11BrN2OS. The average molecular weight is 323 g/mol. The van der Waals surface area contributed by atoms with Crippen LogP contribution in [0.15, 0.2) is 27.5 Å². The van der Waals surface area contributed by atoms with Gasteiger partial charge in [-0.05, 0) is 40.0 Å². The number of hydrogen-bond acceptors (Lipinski definition) is 3. The maximum absolute atomic E-state index is 11.6. The third kappa shape index (κ3) is 1.97. The Labute approximate surface area is 118 Å². The van der Waals surface area contributed by atoms with Gasteiger partial charge in [-0.3, -0.25) is 4.79 Å². The SMILES string of the molecule is CN1C(=O)CCc2cc(-c3csc(Br)n3)ccc21. The van der Waals surface area contributed by atoms with Gasteiger partial charge in [0.05, 0.1) is 5.69 Å². The van der Waals surface area contributed by atoms with Crippen molar-refractivity contribution < 1.29 is 4.79 Å². The lowest BCUT2D eigenvalue weighted by atomic mass is 9.98. The van der Waals surface area contributed by atoms with Crippen molar-refractivity contribution in [1.29, 1.82) is 0 Å². The highest BCUT2D eigenvalue weighted by molar-refractivity contribution is 9.11. The zero-order valence-corrected chi connectivity index (χ0v) is 12.2. The lowest BCUT2D eigenvalue weighted by Crippen LogP contribution is -2.30. The van der Waals surface area contributed by atoms with Crippen LogP contribution in [0, 0.1) is 0 Å². The number of carbonyl (C=O) groups excluding carboxylic acids is 1. The third-order valence-corrected chi connectivity index (χ3v) is 4.56. The van der Waals surface area contributed by atoms with E-state index in [-0.39, 0.29) is 5.91 Å². The highest BCUT2D eigenvalue weighted by Gasteiger charge is 2.21. The molecule has 1 aliphatic rings. The minimum atomic E-state index is 0.187. The molecule has 0 radical (unpaired) electrons. The first kappa shape index (κ1) is 11.9. The van der Waals surface area contributed by atoms with Gasteiger partial charge in [-0.1, -0.05) is 6.07 Å². The zero-order valence-electron chi connectivity index (χ0n) is 9.81. The van der Waals surface area contributed by atoms with Gasteiger partial charge < -0.3 is 4.90 Å². The molecule has 1 amide bonds. The number of aryl methyl sites for hydroxylation is 1. The summed E-state index contributed by atoms with van der Waals surface area (Å²) >= 11 is 4.95. The van der Waals surface area contributed by atoms with Crippen molar-refractivity contribution in [2.75, 3.05) is 11.9 Å². The Hall–Kier alpha value is -1.20. The first-order valence-electron chi connectivity index (χ1n) is 5.66. The van der Waals surface area contributed by atoms with Crippen molar-refractivity contribution in [3.8, 4) is 11.3 Å². The number of anilines is 1. The average Bonchev–Trinajstić information content (AvgIpc) is 2.80. The van der Waals surface area contributed by atoms with Crippen molar-refractivity contribution in [3.05, 3.63) is 33.1 Å². The molecule has 0 N–H and O–H groups in total. The molecule has 1 aromatic heterocycles. The third-order valence-electron chi connectivity index (χ3n) is 3.20. The van der Waals surface area contributed by atoms with Crippen LogP contribution in [0.25, 0.3) is 11.3 Å². The normalized spacial score (nSPS) is 14.8. The molecule has 92 valence electrons. The predicted octanol–water partition coefficient (Wildman–Crippen LogP) is 3.48. The predicted molar refractivity (Wildman–Crippen MR) is 77.0 cm³/mol. The van der Waals surface area contributed by atoms with Crippen molar-refractivity contribution in [1.82, 2.24) is 4.98 Å². The fourth-order valence-electron chi connectivity index (χ4n) is 2.20. The standard InChI is InChI=1S/C13H11BrN2OS/c1-16-11-4-2-8(10-7-18-13(14)15-10)6-9(11)3-5-12(16)17/h2,4,6-7H,3,5H2,1H3. The number of thiazole rings is 1. The monoisotopic (exact) mass is 322 g/mol. The lowest BCUT2D eigenvalue weighted by Gasteiger charge is -2.25. The Kier molecular flexibility index (Phi) is 2.95. The first-order valence-corrected chi connectivity index (χ1v) is 7.33. The minimum Gasteiger partial charge on any atom is -0.315 e. The van der Waals surface area contributed by atoms with E-state index >= 15 is 0 Å². The summed E-state index contributed by atoms with van der Waals surface area (Å²) in [6.45, 7) is 0.